The first-order valence-corrected chi connectivity index (χ1v) is 9.76. The fraction of sp³-hybridized carbons (Fsp3) is 0.450. The summed E-state index contributed by atoms with van der Waals surface area (Å²) in [6.07, 6.45) is 3.54. The Morgan fingerprint density at radius 1 is 1.19 bits per heavy atom. The number of thiocarbonyl (C=S) groups is 1. The molecular weight excluding hydrogens is 360 g/mol. The zero-order chi connectivity index (χ0) is 19.4. The Hall–Kier alpha value is -2.41. The van der Waals surface area contributed by atoms with Crippen molar-refractivity contribution in [3.8, 4) is 11.3 Å². The topological polar surface area (TPSA) is 79.2 Å². The van der Waals surface area contributed by atoms with Gasteiger partial charge in [-0.15, -0.1) is 0 Å². The van der Waals surface area contributed by atoms with Crippen molar-refractivity contribution in [1.82, 2.24) is 21.3 Å². The van der Waals surface area contributed by atoms with Crippen LogP contribution < -0.4 is 16.2 Å². The van der Waals surface area contributed by atoms with Gasteiger partial charge in [-0.2, -0.15) is 0 Å². The van der Waals surface area contributed by atoms with E-state index in [0.29, 0.717) is 40.0 Å². The molecule has 1 aliphatic carbocycles. The number of benzene rings is 1. The van der Waals surface area contributed by atoms with Crippen molar-refractivity contribution in [2.75, 3.05) is 0 Å². The Balaban J connectivity index is 1.61. The summed E-state index contributed by atoms with van der Waals surface area (Å²) in [5, 5.41) is 7.78. The first-order valence-electron chi connectivity index (χ1n) is 9.36. The molecule has 1 aromatic carbocycles. The maximum absolute atomic E-state index is 12.7. The molecule has 7 heteroatoms. The smallest absolute Gasteiger partial charge is 0.275 e. The summed E-state index contributed by atoms with van der Waals surface area (Å²) < 4.78 is 5.24. The third-order valence-electron chi connectivity index (χ3n) is 5.45. The van der Waals surface area contributed by atoms with Gasteiger partial charge in [-0.3, -0.25) is 15.6 Å². The molecule has 1 amide bonds. The van der Waals surface area contributed by atoms with Crippen LogP contribution in [0.3, 0.4) is 0 Å². The average Bonchev–Trinajstić information content (AvgIpc) is 3.06. The second-order valence-corrected chi connectivity index (χ2v) is 7.66. The lowest BCUT2D eigenvalue weighted by molar-refractivity contribution is 0.0942. The van der Waals surface area contributed by atoms with E-state index in [1.54, 1.807) is 6.92 Å². The second-order valence-electron chi connectivity index (χ2n) is 7.25. The predicted molar refractivity (Wildman–Crippen MR) is 109 cm³/mol. The quantitative estimate of drug-likeness (QED) is 0.553. The SMILES string of the molecule is Cc1onc(-c2ccccc2)c1C(=O)NNC(=S)N[C@H]1CCC[C@H](C)[C@@H]1C. The van der Waals surface area contributed by atoms with E-state index >= 15 is 0 Å². The molecule has 2 aromatic rings. The standard InChI is InChI=1S/C20H26N4O2S/c1-12-8-7-11-16(13(12)2)21-20(27)23-22-19(25)17-14(3)26-24-18(17)15-9-5-4-6-10-15/h4-6,9-10,12-13,16H,7-8,11H2,1-3H3,(H,22,25)(H2,21,23,27)/t12-,13-,16-/m0/s1. The van der Waals surface area contributed by atoms with Gasteiger partial charge in [0.1, 0.15) is 17.0 Å². The fourth-order valence-electron chi connectivity index (χ4n) is 3.60. The van der Waals surface area contributed by atoms with Crippen LogP contribution in [0.1, 0.15) is 49.2 Å². The molecule has 3 atom stereocenters. The van der Waals surface area contributed by atoms with Crippen molar-refractivity contribution in [1.29, 1.82) is 0 Å². The van der Waals surface area contributed by atoms with Crippen LogP contribution in [0.4, 0.5) is 0 Å². The van der Waals surface area contributed by atoms with Gasteiger partial charge in [0, 0.05) is 11.6 Å². The van der Waals surface area contributed by atoms with Crippen LogP contribution in [-0.4, -0.2) is 22.2 Å². The number of carbonyl (C=O) groups excluding carboxylic acids is 1. The monoisotopic (exact) mass is 386 g/mol. The lowest BCUT2D eigenvalue weighted by Gasteiger charge is -2.35. The van der Waals surface area contributed by atoms with E-state index in [2.05, 4.69) is 35.2 Å². The molecule has 0 radical (unpaired) electrons. The number of nitrogens with one attached hydrogen (secondary N) is 3. The number of hydrogen-bond donors (Lipinski definition) is 3. The molecule has 1 aromatic heterocycles. The van der Waals surface area contributed by atoms with Gasteiger partial charge >= 0.3 is 0 Å². The predicted octanol–water partition coefficient (Wildman–Crippen LogP) is 3.58. The van der Waals surface area contributed by atoms with Gasteiger partial charge in [0.15, 0.2) is 5.11 Å². The largest absolute Gasteiger partial charge is 0.360 e. The van der Waals surface area contributed by atoms with Crippen molar-refractivity contribution < 1.29 is 9.32 Å². The first kappa shape index (κ1) is 19.4. The maximum atomic E-state index is 12.7. The highest BCUT2D eigenvalue weighted by atomic mass is 32.1. The van der Waals surface area contributed by atoms with Crippen LogP contribution in [0.15, 0.2) is 34.9 Å². The summed E-state index contributed by atoms with van der Waals surface area (Å²) in [6.45, 7) is 6.24. The number of rotatable bonds is 3. The zero-order valence-corrected chi connectivity index (χ0v) is 16.7. The Kier molecular flexibility index (Phi) is 6.11. The summed E-state index contributed by atoms with van der Waals surface area (Å²) in [5.74, 6) is 1.34. The van der Waals surface area contributed by atoms with Gasteiger partial charge in [-0.1, -0.05) is 62.2 Å². The molecule has 3 N–H and O–H groups in total. The van der Waals surface area contributed by atoms with Crippen molar-refractivity contribution >= 4 is 23.2 Å². The third-order valence-corrected chi connectivity index (χ3v) is 5.67. The van der Waals surface area contributed by atoms with Crippen LogP contribution >= 0.6 is 12.2 Å². The van der Waals surface area contributed by atoms with E-state index in [-0.39, 0.29) is 5.91 Å². The summed E-state index contributed by atoms with van der Waals surface area (Å²) in [7, 11) is 0. The lowest BCUT2D eigenvalue weighted by atomic mass is 9.78. The Morgan fingerprint density at radius 2 is 1.93 bits per heavy atom. The molecule has 0 bridgehead atoms. The molecule has 0 spiro atoms. The van der Waals surface area contributed by atoms with E-state index in [0.717, 1.165) is 12.0 Å². The minimum absolute atomic E-state index is 0.322. The summed E-state index contributed by atoms with van der Waals surface area (Å²) in [5.41, 5.74) is 7.21. The molecule has 3 rings (SSSR count). The van der Waals surface area contributed by atoms with E-state index in [9.17, 15) is 4.79 Å². The number of aryl methyl sites for hydroxylation is 1. The molecule has 1 heterocycles. The van der Waals surface area contributed by atoms with Gasteiger partial charge in [-0.25, -0.2) is 0 Å². The molecule has 0 aliphatic heterocycles. The van der Waals surface area contributed by atoms with Crippen LogP contribution in [0.25, 0.3) is 11.3 Å². The van der Waals surface area contributed by atoms with E-state index < -0.39 is 0 Å². The van der Waals surface area contributed by atoms with Gasteiger partial charge in [-0.05, 0) is 37.4 Å². The molecule has 144 valence electrons. The van der Waals surface area contributed by atoms with Gasteiger partial charge in [0.2, 0.25) is 0 Å². The van der Waals surface area contributed by atoms with Crippen molar-refractivity contribution in [3.63, 3.8) is 0 Å². The summed E-state index contributed by atoms with van der Waals surface area (Å²) >= 11 is 5.36. The maximum Gasteiger partial charge on any atom is 0.275 e. The highest BCUT2D eigenvalue weighted by molar-refractivity contribution is 7.80. The van der Waals surface area contributed by atoms with Gasteiger partial charge < -0.3 is 9.84 Å². The number of hydrogen-bond acceptors (Lipinski definition) is 4. The highest BCUT2D eigenvalue weighted by Gasteiger charge is 2.27. The molecule has 6 nitrogen and oxygen atoms in total. The van der Waals surface area contributed by atoms with E-state index in [1.165, 1.54) is 12.8 Å². The molecule has 1 saturated carbocycles. The first-order chi connectivity index (χ1) is 13.0. The van der Waals surface area contributed by atoms with E-state index in [1.807, 2.05) is 30.3 Å². The third kappa shape index (κ3) is 4.47. The minimum atomic E-state index is -0.332. The molecule has 1 fully saturated rings. The summed E-state index contributed by atoms with van der Waals surface area (Å²) in [4.78, 5) is 12.7. The number of carbonyl (C=O) groups is 1. The molecule has 0 unspecified atom stereocenters. The number of nitrogens with zero attached hydrogens (tertiary/aromatic N) is 1. The van der Waals surface area contributed by atoms with Crippen LogP contribution in [0, 0.1) is 18.8 Å². The minimum Gasteiger partial charge on any atom is -0.360 e. The number of aromatic nitrogens is 1. The molecule has 1 aliphatic rings. The van der Waals surface area contributed by atoms with Gasteiger partial charge in [0.05, 0.1) is 0 Å². The Morgan fingerprint density at radius 3 is 2.67 bits per heavy atom. The average molecular weight is 387 g/mol. The second kappa shape index (κ2) is 8.52. The molecule has 27 heavy (non-hydrogen) atoms. The zero-order valence-electron chi connectivity index (χ0n) is 15.9. The molecule has 0 saturated heterocycles. The van der Waals surface area contributed by atoms with Crippen LogP contribution in [0.5, 0.6) is 0 Å². The number of hydrazine groups is 1. The Labute approximate surface area is 165 Å². The van der Waals surface area contributed by atoms with Crippen molar-refractivity contribution in [2.45, 2.75) is 46.1 Å². The normalized spacial score (nSPS) is 22.1. The van der Waals surface area contributed by atoms with Crippen molar-refractivity contribution in [2.24, 2.45) is 11.8 Å². The number of amides is 1. The van der Waals surface area contributed by atoms with Crippen molar-refractivity contribution in [3.05, 3.63) is 41.7 Å². The van der Waals surface area contributed by atoms with Crippen LogP contribution in [0.2, 0.25) is 0 Å². The van der Waals surface area contributed by atoms with Gasteiger partial charge in [0.25, 0.3) is 5.91 Å². The summed E-state index contributed by atoms with van der Waals surface area (Å²) in [6, 6.07) is 9.80. The highest BCUT2D eigenvalue weighted by Crippen LogP contribution is 2.29. The van der Waals surface area contributed by atoms with E-state index in [4.69, 9.17) is 16.7 Å². The van der Waals surface area contributed by atoms with Crippen LogP contribution in [-0.2, 0) is 0 Å². The lowest BCUT2D eigenvalue weighted by Crippen LogP contribution is -2.52. The molecular formula is C20H26N4O2S. The Bertz CT molecular complexity index is 806. The fourth-order valence-corrected chi connectivity index (χ4v) is 3.80.